The Balaban J connectivity index is 0.00000180. The van der Waals surface area contributed by atoms with Gasteiger partial charge in [-0.2, -0.15) is 0 Å². The standard InChI is InChI=1S/C14H18ClFN2.ClH/c1-2-3-14(18-8-6-17-7-9-18)11-4-5-13(16)12(15)10-11;/h2,4-5,10,14,17H,1,3,6-9H2;1H/t14-;/m0./s1. The van der Waals surface area contributed by atoms with Crippen LogP contribution in [0.3, 0.4) is 0 Å². The first kappa shape index (κ1) is 16.4. The summed E-state index contributed by atoms with van der Waals surface area (Å²) in [6.45, 7) is 7.78. The van der Waals surface area contributed by atoms with Gasteiger partial charge in [-0.3, -0.25) is 4.90 Å². The van der Waals surface area contributed by atoms with Crippen molar-refractivity contribution in [3.63, 3.8) is 0 Å². The van der Waals surface area contributed by atoms with Crippen LogP contribution >= 0.6 is 24.0 Å². The van der Waals surface area contributed by atoms with Crippen molar-refractivity contribution >= 4 is 24.0 Å². The van der Waals surface area contributed by atoms with Crippen LogP contribution in [-0.4, -0.2) is 31.1 Å². The molecule has 1 heterocycles. The van der Waals surface area contributed by atoms with Crippen LogP contribution in [0.4, 0.5) is 4.39 Å². The second kappa shape index (κ2) is 7.85. The Morgan fingerprint density at radius 2 is 2.11 bits per heavy atom. The lowest BCUT2D eigenvalue weighted by atomic mass is 10.0. The highest BCUT2D eigenvalue weighted by atomic mass is 35.5. The molecule has 1 aromatic rings. The van der Waals surface area contributed by atoms with Crippen LogP contribution in [0.5, 0.6) is 0 Å². The zero-order valence-corrected chi connectivity index (χ0v) is 12.3. The lowest BCUT2D eigenvalue weighted by Gasteiger charge is -2.34. The minimum atomic E-state index is -0.363. The van der Waals surface area contributed by atoms with E-state index >= 15 is 0 Å². The Morgan fingerprint density at radius 1 is 1.42 bits per heavy atom. The molecule has 1 aliphatic heterocycles. The first-order valence-electron chi connectivity index (χ1n) is 6.23. The van der Waals surface area contributed by atoms with Gasteiger partial charge in [0.25, 0.3) is 0 Å². The van der Waals surface area contributed by atoms with Crippen molar-refractivity contribution in [2.45, 2.75) is 12.5 Å². The lowest BCUT2D eigenvalue weighted by molar-refractivity contribution is 0.174. The van der Waals surface area contributed by atoms with Gasteiger partial charge in [-0.15, -0.1) is 19.0 Å². The zero-order chi connectivity index (χ0) is 13.0. The zero-order valence-electron chi connectivity index (χ0n) is 10.7. The van der Waals surface area contributed by atoms with Crippen LogP contribution < -0.4 is 5.32 Å². The van der Waals surface area contributed by atoms with E-state index in [-0.39, 0.29) is 29.3 Å². The van der Waals surface area contributed by atoms with Crippen molar-refractivity contribution in [2.75, 3.05) is 26.2 Å². The van der Waals surface area contributed by atoms with Crippen LogP contribution in [-0.2, 0) is 0 Å². The van der Waals surface area contributed by atoms with E-state index in [4.69, 9.17) is 11.6 Å². The van der Waals surface area contributed by atoms with E-state index in [0.717, 1.165) is 38.2 Å². The van der Waals surface area contributed by atoms with Crippen LogP contribution in [0, 0.1) is 5.82 Å². The van der Waals surface area contributed by atoms with Gasteiger partial charge in [0.15, 0.2) is 0 Å². The highest BCUT2D eigenvalue weighted by Crippen LogP contribution is 2.28. The molecule has 1 aromatic carbocycles. The summed E-state index contributed by atoms with van der Waals surface area (Å²) < 4.78 is 13.2. The van der Waals surface area contributed by atoms with Gasteiger partial charge in [-0.25, -0.2) is 4.39 Å². The molecule has 5 heteroatoms. The van der Waals surface area contributed by atoms with Gasteiger partial charge in [0.1, 0.15) is 5.82 Å². The Hall–Kier alpha value is -0.610. The maximum atomic E-state index is 13.2. The van der Waals surface area contributed by atoms with E-state index in [9.17, 15) is 4.39 Å². The fourth-order valence-corrected chi connectivity index (χ4v) is 2.56. The van der Waals surface area contributed by atoms with Crippen LogP contribution in [0.2, 0.25) is 5.02 Å². The minimum Gasteiger partial charge on any atom is -0.314 e. The van der Waals surface area contributed by atoms with Crippen molar-refractivity contribution in [1.82, 2.24) is 10.2 Å². The second-order valence-corrected chi connectivity index (χ2v) is 4.91. The summed E-state index contributed by atoms with van der Waals surface area (Å²) in [5.74, 6) is -0.363. The Bertz CT molecular complexity index is 420. The van der Waals surface area contributed by atoms with E-state index in [1.54, 1.807) is 6.07 Å². The van der Waals surface area contributed by atoms with Crippen molar-refractivity contribution in [3.05, 3.63) is 47.3 Å². The summed E-state index contributed by atoms with van der Waals surface area (Å²) >= 11 is 5.87. The molecule has 1 fully saturated rings. The van der Waals surface area contributed by atoms with E-state index < -0.39 is 0 Å². The number of rotatable bonds is 4. The molecule has 2 nitrogen and oxygen atoms in total. The third-order valence-electron chi connectivity index (χ3n) is 3.31. The predicted molar refractivity (Wildman–Crippen MR) is 80.7 cm³/mol. The highest BCUT2D eigenvalue weighted by Gasteiger charge is 2.21. The molecular formula is C14H19Cl2FN2. The summed E-state index contributed by atoms with van der Waals surface area (Å²) in [5, 5.41) is 3.52. The van der Waals surface area contributed by atoms with Gasteiger partial charge in [0.05, 0.1) is 5.02 Å². The topological polar surface area (TPSA) is 15.3 Å². The van der Waals surface area contributed by atoms with Crippen molar-refractivity contribution in [3.8, 4) is 0 Å². The summed E-state index contributed by atoms with van der Waals surface area (Å²) in [6.07, 6.45) is 2.76. The maximum Gasteiger partial charge on any atom is 0.141 e. The van der Waals surface area contributed by atoms with Gasteiger partial charge in [0, 0.05) is 32.2 Å². The van der Waals surface area contributed by atoms with Gasteiger partial charge in [-0.1, -0.05) is 23.7 Å². The molecule has 2 rings (SSSR count). The normalized spacial score (nSPS) is 17.6. The highest BCUT2D eigenvalue weighted by molar-refractivity contribution is 6.30. The molecule has 0 spiro atoms. The number of hydrogen-bond acceptors (Lipinski definition) is 2. The van der Waals surface area contributed by atoms with Crippen LogP contribution in [0.25, 0.3) is 0 Å². The molecule has 0 unspecified atom stereocenters. The first-order chi connectivity index (χ1) is 8.72. The average Bonchev–Trinajstić information content (AvgIpc) is 2.40. The summed E-state index contributed by atoms with van der Waals surface area (Å²) in [7, 11) is 0. The first-order valence-corrected chi connectivity index (χ1v) is 6.61. The average molecular weight is 305 g/mol. The number of halogens is 3. The molecule has 19 heavy (non-hydrogen) atoms. The minimum absolute atomic E-state index is 0. The van der Waals surface area contributed by atoms with Crippen molar-refractivity contribution in [1.29, 1.82) is 0 Å². The largest absolute Gasteiger partial charge is 0.314 e. The number of hydrogen-bond donors (Lipinski definition) is 1. The van der Waals surface area contributed by atoms with E-state index in [1.807, 2.05) is 12.1 Å². The molecule has 0 saturated carbocycles. The van der Waals surface area contributed by atoms with Crippen LogP contribution in [0.1, 0.15) is 18.0 Å². The molecule has 1 saturated heterocycles. The molecule has 1 N–H and O–H groups in total. The lowest BCUT2D eigenvalue weighted by Crippen LogP contribution is -2.45. The molecule has 1 atom stereocenters. The fourth-order valence-electron chi connectivity index (χ4n) is 2.37. The monoisotopic (exact) mass is 304 g/mol. The van der Waals surface area contributed by atoms with E-state index in [2.05, 4.69) is 16.8 Å². The fraction of sp³-hybridized carbons (Fsp3) is 0.429. The van der Waals surface area contributed by atoms with Gasteiger partial charge < -0.3 is 5.32 Å². The molecular weight excluding hydrogens is 286 g/mol. The third kappa shape index (κ3) is 4.18. The number of benzene rings is 1. The number of nitrogens with zero attached hydrogens (tertiary/aromatic N) is 1. The Morgan fingerprint density at radius 3 is 2.68 bits per heavy atom. The smallest absolute Gasteiger partial charge is 0.141 e. The molecule has 106 valence electrons. The molecule has 0 bridgehead atoms. The van der Waals surface area contributed by atoms with Crippen molar-refractivity contribution < 1.29 is 4.39 Å². The van der Waals surface area contributed by atoms with E-state index in [0.29, 0.717) is 0 Å². The van der Waals surface area contributed by atoms with Gasteiger partial charge in [0.2, 0.25) is 0 Å². The Kier molecular flexibility index (Phi) is 6.80. The summed E-state index contributed by atoms with van der Waals surface area (Å²) in [5.41, 5.74) is 1.06. The van der Waals surface area contributed by atoms with Gasteiger partial charge in [-0.05, 0) is 24.1 Å². The molecule has 0 amide bonds. The molecule has 0 aliphatic carbocycles. The maximum absolute atomic E-state index is 13.2. The summed E-state index contributed by atoms with van der Waals surface area (Å²) in [4.78, 5) is 2.39. The molecule has 1 aliphatic rings. The second-order valence-electron chi connectivity index (χ2n) is 4.50. The summed E-state index contributed by atoms with van der Waals surface area (Å²) in [6, 6.07) is 5.23. The molecule has 0 radical (unpaired) electrons. The number of nitrogens with one attached hydrogen (secondary N) is 1. The van der Waals surface area contributed by atoms with Crippen molar-refractivity contribution in [2.24, 2.45) is 0 Å². The quantitative estimate of drug-likeness (QED) is 0.858. The predicted octanol–water partition coefficient (Wildman–Crippen LogP) is 3.42. The van der Waals surface area contributed by atoms with E-state index in [1.165, 1.54) is 6.07 Å². The molecule has 0 aromatic heterocycles. The van der Waals surface area contributed by atoms with Gasteiger partial charge >= 0.3 is 0 Å². The Labute approximate surface area is 125 Å². The third-order valence-corrected chi connectivity index (χ3v) is 3.60. The van der Waals surface area contributed by atoms with Crippen LogP contribution in [0.15, 0.2) is 30.9 Å². The number of piperazine rings is 1. The SMILES string of the molecule is C=CC[C@@H](c1ccc(F)c(Cl)c1)N1CCNCC1.Cl.